The second kappa shape index (κ2) is 8.51. The third kappa shape index (κ3) is 5.14. The maximum atomic E-state index is 12.4. The van der Waals surface area contributed by atoms with Gasteiger partial charge in [-0.1, -0.05) is 41.4 Å². The molecule has 0 saturated heterocycles. The van der Waals surface area contributed by atoms with E-state index >= 15 is 0 Å². The largest absolute Gasteiger partial charge is 0.483 e. The van der Waals surface area contributed by atoms with E-state index in [2.05, 4.69) is 5.32 Å². The Balaban J connectivity index is 1.56. The van der Waals surface area contributed by atoms with Gasteiger partial charge in [-0.25, -0.2) is 0 Å². The van der Waals surface area contributed by atoms with Gasteiger partial charge in [0, 0.05) is 19.0 Å². The number of carbonyl (C=O) groups is 2. The highest BCUT2D eigenvalue weighted by atomic mass is 35.5. The summed E-state index contributed by atoms with van der Waals surface area (Å²) in [6.45, 7) is 3.62. The summed E-state index contributed by atoms with van der Waals surface area (Å²) < 4.78 is 11.6. The van der Waals surface area contributed by atoms with Gasteiger partial charge in [-0.05, 0) is 32.0 Å². The molecule has 1 heterocycles. The minimum absolute atomic E-state index is 0.166. The van der Waals surface area contributed by atoms with Crippen LogP contribution in [-0.4, -0.2) is 42.5 Å². The second-order valence-corrected chi connectivity index (χ2v) is 8.28. The van der Waals surface area contributed by atoms with Gasteiger partial charge in [-0.3, -0.25) is 9.59 Å². The Kier molecular flexibility index (Phi) is 6.24. The Morgan fingerprint density at radius 1 is 1.17 bits per heavy atom. The standard InChI is InChI=1S/C21H22Cl2N2O4/c1-21(2)10-13-6-4-9-16(20(13)29-21)28-12-18(27)25(3)11-17(26)24-19-14(22)7-5-8-15(19)23/h4-9H,10-12H2,1-3H3,(H,24,26). The van der Waals surface area contributed by atoms with Crippen LogP contribution < -0.4 is 14.8 Å². The molecule has 0 fully saturated rings. The van der Waals surface area contributed by atoms with Crippen molar-refractivity contribution in [2.45, 2.75) is 25.9 Å². The number of ether oxygens (including phenoxy) is 2. The van der Waals surface area contributed by atoms with Gasteiger partial charge in [-0.2, -0.15) is 0 Å². The molecule has 0 spiro atoms. The fourth-order valence-corrected chi connectivity index (χ4v) is 3.54. The first kappa shape index (κ1) is 21.3. The number of hydrogen-bond acceptors (Lipinski definition) is 4. The van der Waals surface area contributed by atoms with E-state index in [9.17, 15) is 9.59 Å². The van der Waals surface area contributed by atoms with Gasteiger partial charge < -0.3 is 19.7 Å². The lowest BCUT2D eigenvalue weighted by Crippen LogP contribution is -2.37. The molecular formula is C21H22Cl2N2O4. The number of likely N-dealkylation sites (N-methyl/N-ethyl adjacent to an activating group) is 1. The van der Waals surface area contributed by atoms with E-state index in [-0.39, 0.29) is 24.7 Å². The number of anilines is 1. The van der Waals surface area contributed by atoms with Gasteiger partial charge in [0.25, 0.3) is 5.91 Å². The Bertz CT molecular complexity index is 926. The van der Waals surface area contributed by atoms with Crippen LogP contribution in [0.2, 0.25) is 10.0 Å². The molecule has 1 N–H and O–H groups in total. The molecule has 8 heteroatoms. The molecule has 0 radical (unpaired) electrons. The van der Waals surface area contributed by atoms with Crippen molar-refractivity contribution in [3.05, 3.63) is 52.0 Å². The highest BCUT2D eigenvalue weighted by Crippen LogP contribution is 2.41. The van der Waals surface area contributed by atoms with Gasteiger partial charge in [0.2, 0.25) is 5.91 Å². The summed E-state index contributed by atoms with van der Waals surface area (Å²) in [7, 11) is 1.52. The zero-order valence-corrected chi connectivity index (χ0v) is 17.9. The Hall–Kier alpha value is -2.44. The number of para-hydroxylation sites is 2. The topological polar surface area (TPSA) is 67.9 Å². The van der Waals surface area contributed by atoms with E-state index in [0.717, 1.165) is 12.0 Å². The summed E-state index contributed by atoms with van der Waals surface area (Å²) in [6, 6.07) is 10.5. The molecule has 3 rings (SSSR count). The fourth-order valence-electron chi connectivity index (χ4n) is 3.05. The average Bonchev–Trinajstić information content (AvgIpc) is 2.97. The van der Waals surface area contributed by atoms with Crippen LogP contribution in [-0.2, 0) is 16.0 Å². The van der Waals surface area contributed by atoms with Crippen molar-refractivity contribution < 1.29 is 19.1 Å². The molecule has 1 aliphatic heterocycles. The number of benzene rings is 2. The molecule has 2 aromatic carbocycles. The monoisotopic (exact) mass is 436 g/mol. The number of amides is 2. The first-order valence-electron chi connectivity index (χ1n) is 9.08. The molecule has 29 heavy (non-hydrogen) atoms. The van der Waals surface area contributed by atoms with E-state index in [0.29, 0.717) is 27.2 Å². The van der Waals surface area contributed by atoms with Gasteiger partial charge >= 0.3 is 0 Å². The van der Waals surface area contributed by atoms with Crippen LogP contribution in [0.1, 0.15) is 19.4 Å². The van der Waals surface area contributed by atoms with Gasteiger partial charge in [-0.15, -0.1) is 0 Å². The van der Waals surface area contributed by atoms with Crippen molar-refractivity contribution in [2.75, 3.05) is 25.5 Å². The quantitative estimate of drug-likeness (QED) is 0.736. The van der Waals surface area contributed by atoms with E-state index in [1.165, 1.54) is 11.9 Å². The van der Waals surface area contributed by atoms with Crippen LogP contribution in [0.3, 0.4) is 0 Å². The van der Waals surface area contributed by atoms with Crippen molar-refractivity contribution in [3.63, 3.8) is 0 Å². The number of fused-ring (bicyclic) bond motifs is 1. The molecule has 0 atom stereocenters. The number of hydrogen-bond donors (Lipinski definition) is 1. The van der Waals surface area contributed by atoms with Crippen LogP contribution in [0, 0.1) is 0 Å². The van der Waals surface area contributed by atoms with Crippen molar-refractivity contribution >= 4 is 40.7 Å². The molecule has 0 aliphatic carbocycles. The molecular weight excluding hydrogens is 415 g/mol. The van der Waals surface area contributed by atoms with E-state index in [1.807, 2.05) is 26.0 Å². The zero-order valence-electron chi connectivity index (χ0n) is 16.4. The number of halogens is 2. The molecule has 0 bridgehead atoms. The van der Waals surface area contributed by atoms with E-state index in [1.54, 1.807) is 24.3 Å². The summed E-state index contributed by atoms with van der Waals surface area (Å²) in [5, 5.41) is 3.27. The van der Waals surface area contributed by atoms with Crippen molar-refractivity contribution in [1.29, 1.82) is 0 Å². The van der Waals surface area contributed by atoms with Crippen LogP contribution in [0.5, 0.6) is 11.5 Å². The van der Waals surface area contributed by atoms with Gasteiger partial charge in [0.15, 0.2) is 18.1 Å². The summed E-state index contributed by atoms with van der Waals surface area (Å²) in [6.07, 6.45) is 0.776. The average molecular weight is 437 g/mol. The highest BCUT2D eigenvalue weighted by molar-refractivity contribution is 6.39. The summed E-state index contributed by atoms with van der Waals surface area (Å²) in [4.78, 5) is 25.9. The van der Waals surface area contributed by atoms with E-state index < -0.39 is 5.91 Å². The number of carbonyl (C=O) groups excluding carboxylic acids is 2. The minimum Gasteiger partial charge on any atom is -0.483 e. The first-order chi connectivity index (χ1) is 13.7. The van der Waals surface area contributed by atoms with Crippen LogP contribution in [0.25, 0.3) is 0 Å². The highest BCUT2D eigenvalue weighted by Gasteiger charge is 2.32. The molecule has 2 amide bonds. The Morgan fingerprint density at radius 2 is 1.83 bits per heavy atom. The normalized spacial score (nSPS) is 14.0. The van der Waals surface area contributed by atoms with E-state index in [4.69, 9.17) is 32.7 Å². The molecule has 1 aliphatic rings. The van der Waals surface area contributed by atoms with Crippen LogP contribution in [0.4, 0.5) is 5.69 Å². The third-order valence-corrected chi connectivity index (χ3v) is 5.07. The lowest BCUT2D eigenvalue weighted by Gasteiger charge is -2.20. The van der Waals surface area contributed by atoms with Gasteiger partial charge in [0.05, 0.1) is 22.3 Å². The molecule has 0 aromatic heterocycles. The second-order valence-electron chi connectivity index (χ2n) is 7.47. The molecule has 154 valence electrons. The summed E-state index contributed by atoms with van der Waals surface area (Å²) in [5.41, 5.74) is 1.06. The third-order valence-electron chi connectivity index (χ3n) is 4.44. The Morgan fingerprint density at radius 3 is 2.52 bits per heavy atom. The molecule has 0 unspecified atom stereocenters. The summed E-state index contributed by atoms with van der Waals surface area (Å²) >= 11 is 12.1. The fraction of sp³-hybridized carbons (Fsp3) is 0.333. The maximum absolute atomic E-state index is 12.4. The zero-order chi connectivity index (χ0) is 21.2. The van der Waals surface area contributed by atoms with Crippen molar-refractivity contribution in [2.24, 2.45) is 0 Å². The smallest absolute Gasteiger partial charge is 0.260 e. The lowest BCUT2D eigenvalue weighted by molar-refractivity contribution is -0.135. The lowest BCUT2D eigenvalue weighted by atomic mass is 10.0. The molecule has 0 saturated carbocycles. The predicted octanol–water partition coefficient (Wildman–Crippen LogP) is 4.18. The van der Waals surface area contributed by atoms with Gasteiger partial charge in [0.1, 0.15) is 5.60 Å². The van der Waals surface area contributed by atoms with Crippen molar-refractivity contribution in [3.8, 4) is 11.5 Å². The summed E-state index contributed by atoms with van der Waals surface area (Å²) in [5.74, 6) is 0.419. The first-order valence-corrected chi connectivity index (χ1v) is 9.83. The molecule has 2 aromatic rings. The molecule has 6 nitrogen and oxygen atoms in total. The SMILES string of the molecule is CN(CC(=O)Nc1c(Cl)cccc1Cl)C(=O)COc1cccc2c1OC(C)(C)C2. The maximum Gasteiger partial charge on any atom is 0.260 e. The number of nitrogens with zero attached hydrogens (tertiary/aromatic N) is 1. The predicted molar refractivity (Wildman–Crippen MR) is 113 cm³/mol. The Labute approximate surface area is 179 Å². The van der Waals surface area contributed by atoms with Crippen LogP contribution in [0.15, 0.2) is 36.4 Å². The number of rotatable bonds is 6. The van der Waals surface area contributed by atoms with Crippen LogP contribution >= 0.6 is 23.2 Å². The minimum atomic E-state index is -0.415. The van der Waals surface area contributed by atoms with Crippen molar-refractivity contribution in [1.82, 2.24) is 4.90 Å². The number of nitrogens with one attached hydrogen (secondary N) is 1.